The quantitative estimate of drug-likeness (QED) is 0.904. The lowest BCUT2D eigenvalue weighted by molar-refractivity contribution is 0.853. The van der Waals surface area contributed by atoms with E-state index in [4.69, 9.17) is 0 Å². The van der Waals surface area contributed by atoms with E-state index in [1.165, 1.54) is 16.7 Å². The average Bonchev–Trinajstić information content (AvgIpc) is 2.31. The van der Waals surface area contributed by atoms with Crippen molar-refractivity contribution in [1.29, 1.82) is 0 Å². The Morgan fingerprint density at radius 3 is 2.47 bits per heavy atom. The van der Waals surface area contributed by atoms with Gasteiger partial charge in [0.2, 0.25) is 0 Å². The zero-order valence-electron chi connectivity index (χ0n) is 12.3. The SMILES string of the molecule is Cc1cc(NC(C)c2cccc(C)c2C)nc(C)n1. The van der Waals surface area contributed by atoms with Crippen LogP contribution < -0.4 is 5.32 Å². The van der Waals surface area contributed by atoms with Crippen molar-refractivity contribution < 1.29 is 0 Å². The van der Waals surface area contributed by atoms with Crippen LogP contribution in [0.4, 0.5) is 5.82 Å². The molecule has 2 rings (SSSR count). The summed E-state index contributed by atoms with van der Waals surface area (Å²) < 4.78 is 0. The van der Waals surface area contributed by atoms with Crippen molar-refractivity contribution in [2.45, 2.75) is 40.7 Å². The molecule has 0 aliphatic carbocycles. The van der Waals surface area contributed by atoms with Crippen molar-refractivity contribution in [1.82, 2.24) is 9.97 Å². The summed E-state index contributed by atoms with van der Waals surface area (Å²) in [4.78, 5) is 8.72. The van der Waals surface area contributed by atoms with E-state index in [0.29, 0.717) is 0 Å². The molecule has 3 nitrogen and oxygen atoms in total. The first-order valence-electron chi connectivity index (χ1n) is 6.62. The third kappa shape index (κ3) is 3.11. The van der Waals surface area contributed by atoms with Gasteiger partial charge in [0.05, 0.1) is 6.04 Å². The number of anilines is 1. The van der Waals surface area contributed by atoms with Gasteiger partial charge in [-0.2, -0.15) is 0 Å². The number of rotatable bonds is 3. The molecule has 0 spiro atoms. The highest BCUT2D eigenvalue weighted by Crippen LogP contribution is 2.23. The van der Waals surface area contributed by atoms with Crippen molar-refractivity contribution in [3.05, 3.63) is 52.5 Å². The lowest BCUT2D eigenvalue weighted by Crippen LogP contribution is -2.11. The summed E-state index contributed by atoms with van der Waals surface area (Å²) in [5.41, 5.74) is 4.96. The summed E-state index contributed by atoms with van der Waals surface area (Å²) in [6, 6.07) is 8.63. The standard InChI is InChI=1S/C16H21N3/c1-10-7-6-8-15(12(10)3)13(4)18-16-9-11(2)17-14(5)19-16/h6-9,13H,1-5H3,(H,17,18,19). The first-order chi connectivity index (χ1) is 8.97. The Bertz CT molecular complexity index is 570. The van der Waals surface area contributed by atoms with E-state index in [-0.39, 0.29) is 6.04 Å². The average molecular weight is 255 g/mol. The molecule has 0 amide bonds. The number of aryl methyl sites for hydroxylation is 3. The molecule has 1 aromatic carbocycles. The molecule has 0 saturated carbocycles. The van der Waals surface area contributed by atoms with Crippen molar-refractivity contribution in [3.63, 3.8) is 0 Å². The van der Waals surface area contributed by atoms with Crippen LogP contribution in [0.5, 0.6) is 0 Å². The van der Waals surface area contributed by atoms with Crippen LogP contribution in [0.3, 0.4) is 0 Å². The number of aromatic nitrogens is 2. The third-order valence-corrected chi connectivity index (χ3v) is 3.44. The molecule has 0 aliphatic rings. The fourth-order valence-corrected chi connectivity index (χ4v) is 2.33. The molecular weight excluding hydrogens is 234 g/mol. The summed E-state index contributed by atoms with van der Waals surface area (Å²) >= 11 is 0. The van der Waals surface area contributed by atoms with Crippen molar-refractivity contribution >= 4 is 5.82 Å². The minimum Gasteiger partial charge on any atom is -0.363 e. The Balaban J connectivity index is 2.25. The Morgan fingerprint density at radius 2 is 1.79 bits per heavy atom. The molecule has 3 heteroatoms. The molecule has 19 heavy (non-hydrogen) atoms. The summed E-state index contributed by atoms with van der Waals surface area (Å²) in [6.07, 6.45) is 0. The predicted molar refractivity (Wildman–Crippen MR) is 79.5 cm³/mol. The van der Waals surface area contributed by atoms with E-state index in [1.807, 2.05) is 19.9 Å². The van der Waals surface area contributed by atoms with Crippen LogP contribution in [-0.2, 0) is 0 Å². The third-order valence-electron chi connectivity index (χ3n) is 3.44. The summed E-state index contributed by atoms with van der Waals surface area (Å²) in [5, 5.41) is 3.46. The molecule has 1 heterocycles. The highest BCUT2D eigenvalue weighted by atomic mass is 15.0. The Morgan fingerprint density at radius 1 is 1.05 bits per heavy atom. The Kier molecular flexibility index (Phi) is 3.84. The van der Waals surface area contributed by atoms with Crippen LogP contribution in [0.1, 0.15) is 41.2 Å². The van der Waals surface area contributed by atoms with Gasteiger partial charge in [-0.1, -0.05) is 18.2 Å². The number of benzene rings is 1. The van der Waals surface area contributed by atoms with Gasteiger partial charge in [-0.25, -0.2) is 9.97 Å². The maximum Gasteiger partial charge on any atom is 0.130 e. The molecule has 0 fully saturated rings. The van der Waals surface area contributed by atoms with Crippen LogP contribution in [0.15, 0.2) is 24.3 Å². The van der Waals surface area contributed by atoms with E-state index in [2.05, 4.69) is 54.3 Å². The second kappa shape index (κ2) is 5.39. The van der Waals surface area contributed by atoms with Gasteiger partial charge in [0, 0.05) is 11.8 Å². The fourth-order valence-electron chi connectivity index (χ4n) is 2.33. The lowest BCUT2D eigenvalue weighted by Gasteiger charge is -2.18. The van der Waals surface area contributed by atoms with Gasteiger partial charge in [0.25, 0.3) is 0 Å². The monoisotopic (exact) mass is 255 g/mol. The van der Waals surface area contributed by atoms with E-state index in [0.717, 1.165) is 17.3 Å². The smallest absolute Gasteiger partial charge is 0.130 e. The van der Waals surface area contributed by atoms with Crippen LogP contribution >= 0.6 is 0 Å². The zero-order chi connectivity index (χ0) is 14.0. The first-order valence-corrected chi connectivity index (χ1v) is 6.62. The highest BCUT2D eigenvalue weighted by molar-refractivity contribution is 5.42. The zero-order valence-corrected chi connectivity index (χ0v) is 12.3. The Labute approximate surface area is 115 Å². The fraction of sp³-hybridized carbons (Fsp3) is 0.375. The second-order valence-electron chi connectivity index (χ2n) is 5.10. The topological polar surface area (TPSA) is 37.8 Å². The maximum atomic E-state index is 4.43. The summed E-state index contributed by atoms with van der Waals surface area (Å²) in [5.74, 6) is 1.69. The molecule has 2 aromatic rings. The highest BCUT2D eigenvalue weighted by Gasteiger charge is 2.10. The van der Waals surface area contributed by atoms with E-state index >= 15 is 0 Å². The van der Waals surface area contributed by atoms with Crippen LogP contribution in [0.25, 0.3) is 0 Å². The van der Waals surface area contributed by atoms with Crippen LogP contribution in [0, 0.1) is 27.7 Å². The largest absolute Gasteiger partial charge is 0.363 e. The van der Waals surface area contributed by atoms with Gasteiger partial charge in [-0.05, 0) is 51.3 Å². The van der Waals surface area contributed by atoms with Gasteiger partial charge in [0.15, 0.2) is 0 Å². The van der Waals surface area contributed by atoms with Crippen molar-refractivity contribution in [2.75, 3.05) is 5.32 Å². The maximum absolute atomic E-state index is 4.43. The van der Waals surface area contributed by atoms with Gasteiger partial charge < -0.3 is 5.32 Å². The second-order valence-corrected chi connectivity index (χ2v) is 5.10. The minimum absolute atomic E-state index is 0.230. The Hall–Kier alpha value is -1.90. The number of nitrogens with zero attached hydrogens (tertiary/aromatic N) is 2. The van der Waals surface area contributed by atoms with Gasteiger partial charge in [0.1, 0.15) is 11.6 Å². The predicted octanol–water partition coefficient (Wildman–Crippen LogP) is 3.88. The normalized spacial score (nSPS) is 12.3. The summed E-state index contributed by atoms with van der Waals surface area (Å²) in [7, 11) is 0. The molecule has 0 saturated heterocycles. The van der Waals surface area contributed by atoms with Crippen LogP contribution in [-0.4, -0.2) is 9.97 Å². The molecule has 1 aromatic heterocycles. The van der Waals surface area contributed by atoms with Crippen molar-refractivity contribution in [3.8, 4) is 0 Å². The molecule has 0 radical (unpaired) electrons. The van der Waals surface area contributed by atoms with Crippen molar-refractivity contribution in [2.24, 2.45) is 0 Å². The van der Waals surface area contributed by atoms with E-state index in [1.54, 1.807) is 0 Å². The number of hydrogen-bond donors (Lipinski definition) is 1. The minimum atomic E-state index is 0.230. The number of hydrogen-bond acceptors (Lipinski definition) is 3. The van der Waals surface area contributed by atoms with E-state index < -0.39 is 0 Å². The molecule has 1 atom stereocenters. The molecule has 1 N–H and O–H groups in total. The van der Waals surface area contributed by atoms with Crippen LogP contribution in [0.2, 0.25) is 0 Å². The molecule has 100 valence electrons. The molecular formula is C16H21N3. The van der Waals surface area contributed by atoms with Gasteiger partial charge >= 0.3 is 0 Å². The number of nitrogens with one attached hydrogen (secondary N) is 1. The first kappa shape index (κ1) is 13.5. The molecule has 1 unspecified atom stereocenters. The van der Waals surface area contributed by atoms with Gasteiger partial charge in [-0.3, -0.25) is 0 Å². The van der Waals surface area contributed by atoms with Gasteiger partial charge in [-0.15, -0.1) is 0 Å². The summed E-state index contributed by atoms with van der Waals surface area (Å²) in [6.45, 7) is 10.4. The molecule has 0 bridgehead atoms. The van der Waals surface area contributed by atoms with E-state index in [9.17, 15) is 0 Å². The lowest BCUT2D eigenvalue weighted by atomic mass is 9.98. The molecule has 0 aliphatic heterocycles.